The molecule has 3 aromatic carbocycles. The summed E-state index contributed by atoms with van der Waals surface area (Å²) in [5.41, 5.74) is 3.02. The number of nitrogens with one attached hydrogen (secondary N) is 1. The second-order valence-electron chi connectivity index (χ2n) is 9.07. The molecule has 8 heteroatoms. The zero-order valence-electron chi connectivity index (χ0n) is 21.0. The third-order valence-corrected chi connectivity index (χ3v) is 6.21. The minimum atomic E-state index is -0.326. The minimum Gasteiger partial charge on any atom is -0.457 e. The molecule has 37 heavy (non-hydrogen) atoms. The highest BCUT2D eigenvalue weighted by Crippen LogP contribution is 2.22. The van der Waals surface area contributed by atoms with Crippen LogP contribution in [0.3, 0.4) is 0 Å². The third-order valence-electron chi connectivity index (χ3n) is 6.21. The van der Waals surface area contributed by atoms with E-state index in [-0.39, 0.29) is 36.8 Å². The van der Waals surface area contributed by atoms with Crippen molar-refractivity contribution in [3.63, 3.8) is 0 Å². The quantitative estimate of drug-likeness (QED) is 0.375. The van der Waals surface area contributed by atoms with Crippen LogP contribution in [0.15, 0.2) is 66.7 Å². The summed E-state index contributed by atoms with van der Waals surface area (Å²) in [7, 11) is 0. The lowest BCUT2D eigenvalue weighted by atomic mass is 10.0. The van der Waals surface area contributed by atoms with Gasteiger partial charge in [-0.1, -0.05) is 37.6 Å². The van der Waals surface area contributed by atoms with Gasteiger partial charge in [-0.2, -0.15) is 0 Å². The lowest BCUT2D eigenvalue weighted by molar-refractivity contribution is -0.125. The topological polar surface area (TPSA) is 79.0 Å². The second-order valence-corrected chi connectivity index (χ2v) is 9.07. The average molecular weight is 504 g/mol. The molecule has 0 bridgehead atoms. The summed E-state index contributed by atoms with van der Waals surface area (Å²) >= 11 is 0. The van der Waals surface area contributed by atoms with Crippen molar-refractivity contribution < 1.29 is 23.5 Å². The fourth-order valence-electron chi connectivity index (χ4n) is 4.08. The van der Waals surface area contributed by atoms with Gasteiger partial charge < -0.3 is 15.0 Å². The van der Waals surface area contributed by atoms with Gasteiger partial charge in [0.1, 0.15) is 23.9 Å². The van der Waals surface area contributed by atoms with E-state index in [4.69, 9.17) is 4.74 Å². The highest BCUT2D eigenvalue weighted by Gasteiger charge is 2.35. The molecule has 0 saturated carbocycles. The molecule has 0 radical (unpaired) electrons. The molecule has 0 spiro atoms. The molecule has 1 aliphatic heterocycles. The maximum absolute atomic E-state index is 13.1. The Hall–Kier alpha value is -4.20. The van der Waals surface area contributed by atoms with Gasteiger partial charge in [-0.3, -0.25) is 14.5 Å². The maximum Gasteiger partial charge on any atom is 0.327 e. The Morgan fingerprint density at radius 3 is 2.30 bits per heavy atom. The second kappa shape index (κ2) is 11.7. The smallest absolute Gasteiger partial charge is 0.327 e. The monoisotopic (exact) mass is 503 g/mol. The number of carbonyl (C=O) groups excluding carboxylic acids is 3. The third kappa shape index (κ3) is 6.52. The molecule has 1 N–H and O–H groups in total. The Bertz CT molecular complexity index is 1280. The lowest BCUT2D eigenvalue weighted by Crippen LogP contribution is -2.33. The van der Waals surface area contributed by atoms with E-state index in [0.717, 1.165) is 29.5 Å². The van der Waals surface area contributed by atoms with Crippen molar-refractivity contribution in [3.05, 3.63) is 94.8 Å². The number of rotatable bonds is 10. The van der Waals surface area contributed by atoms with Crippen LogP contribution in [0.2, 0.25) is 0 Å². The van der Waals surface area contributed by atoms with Crippen LogP contribution in [0.4, 0.5) is 9.18 Å². The number of hydrogen-bond acceptors (Lipinski definition) is 4. The standard InChI is InChI=1S/C29H30FN3O4/c1-3-4-15-33-27(34)19-32(29(33)36)18-22-6-5-20(2)26(16-22)28(35)31-17-21-7-11-24(12-8-21)37-25-13-9-23(30)10-14-25/h5-14,16H,3-4,15,17-19H2,1-2H3,(H,31,35). The van der Waals surface area contributed by atoms with Gasteiger partial charge in [0.05, 0.1) is 0 Å². The number of hydrogen-bond donors (Lipinski definition) is 1. The van der Waals surface area contributed by atoms with Crippen molar-refractivity contribution in [1.29, 1.82) is 0 Å². The number of carbonyl (C=O) groups is 3. The van der Waals surface area contributed by atoms with Crippen molar-refractivity contribution >= 4 is 17.8 Å². The molecular formula is C29H30FN3O4. The fourth-order valence-corrected chi connectivity index (χ4v) is 4.08. The van der Waals surface area contributed by atoms with E-state index in [2.05, 4.69) is 5.32 Å². The van der Waals surface area contributed by atoms with E-state index in [1.807, 2.05) is 38.1 Å². The van der Waals surface area contributed by atoms with Crippen molar-refractivity contribution in [2.45, 2.75) is 39.8 Å². The molecule has 4 rings (SSSR count). The van der Waals surface area contributed by atoms with Crippen LogP contribution in [0.1, 0.15) is 46.8 Å². The first-order valence-corrected chi connectivity index (χ1v) is 12.3. The van der Waals surface area contributed by atoms with Crippen LogP contribution in [0, 0.1) is 12.7 Å². The molecule has 1 fully saturated rings. The van der Waals surface area contributed by atoms with Gasteiger partial charge in [-0.15, -0.1) is 0 Å². The Kier molecular flexibility index (Phi) is 8.18. The highest BCUT2D eigenvalue weighted by atomic mass is 19.1. The number of unbranched alkanes of at least 4 members (excludes halogenated alkanes) is 1. The number of amides is 4. The zero-order valence-corrected chi connectivity index (χ0v) is 21.0. The first-order valence-electron chi connectivity index (χ1n) is 12.3. The number of ether oxygens (including phenoxy) is 1. The summed E-state index contributed by atoms with van der Waals surface area (Å²) in [6.07, 6.45) is 1.69. The molecule has 192 valence electrons. The maximum atomic E-state index is 13.1. The molecule has 0 unspecified atom stereocenters. The first kappa shape index (κ1) is 25.9. The van der Waals surface area contributed by atoms with Crippen LogP contribution in [0.5, 0.6) is 11.5 Å². The first-order chi connectivity index (χ1) is 17.8. The van der Waals surface area contributed by atoms with E-state index in [9.17, 15) is 18.8 Å². The average Bonchev–Trinajstić information content (AvgIpc) is 3.16. The van der Waals surface area contributed by atoms with E-state index in [0.29, 0.717) is 30.2 Å². The van der Waals surface area contributed by atoms with Crippen molar-refractivity contribution in [2.24, 2.45) is 0 Å². The van der Waals surface area contributed by atoms with Gasteiger partial charge in [-0.25, -0.2) is 9.18 Å². The van der Waals surface area contributed by atoms with E-state index in [1.165, 1.54) is 21.9 Å². The van der Waals surface area contributed by atoms with Gasteiger partial charge in [0.25, 0.3) is 5.91 Å². The number of halogens is 1. The van der Waals surface area contributed by atoms with Gasteiger partial charge in [0.2, 0.25) is 5.91 Å². The van der Waals surface area contributed by atoms with Crippen LogP contribution in [0.25, 0.3) is 0 Å². The molecule has 0 atom stereocenters. The van der Waals surface area contributed by atoms with E-state index in [1.54, 1.807) is 30.3 Å². The molecule has 3 aromatic rings. The van der Waals surface area contributed by atoms with Crippen LogP contribution in [-0.4, -0.2) is 40.7 Å². The Morgan fingerprint density at radius 1 is 0.973 bits per heavy atom. The molecule has 1 aliphatic rings. The summed E-state index contributed by atoms with van der Waals surface area (Å²) in [6, 6.07) is 18.3. The fraction of sp³-hybridized carbons (Fsp3) is 0.276. The molecule has 0 aromatic heterocycles. The number of imide groups is 1. The highest BCUT2D eigenvalue weighted by molar-refractivity contribution is 6.02. The summed E-state index contributed by atoms with van der Waals surface area (Å²) < 4.78 is 18.8. The summed E-state index contributed by atoms with van der Waals surface area (Å²) in [5.74, 6) is 0.407. The van der Waals surface area contributed by atoms with Gasteiger partial charge in [0, 0.05) is 25.2 Å². The molecule has 0 aliphatic carbocycles. The summed E-state index contributed by atoms with van der Waals surface area (Å²) in [5, 5.41) is 2.93. The Balaban J connectivity index is 1.34. The van der Waals surface area contributed by atoms with Gasteiger partial charge >= 0.3 is 6.03 Å². The van der Waals surface area contributed by atoms with Crippen molar-refractivity contribution in [3.8, 4) is 11.5 Å². The minimum absolute atomic E-state index is 0.0544. The Morgan fingerprint density at radius 2 is 1.62 bits per heavy atom. The van der Waals surface area contributed by atoms with Crippen LogP contribution in [-0.2, 0) is 17.9 Å². The van der Waals surface area contributed by atoms with Gasteiger partial charge in [0.15, 0.2) is 0 Å². The van der Waals surface area contributed by atoms with E-state index >= 15 is 0 Å². The van der Waals surface area contributed by atoms with E-state index < -0.39 is 0 Å². The largest absolute Gasteiger partial charge is 0.457 e. The Labute approximate surface area is 215 Å². The summed E-state index contributed by atoms with van der Waals surface area (Å²) in [6.45, 7) is 4.96. The molecule has 1 heterocycles. The molecule has 4 amide bonds. The normalized spacial score (nSPS) is 13.3. The zero-order chi connectivity index (χ0) is 26.4. The molecule has 1 saturated heterocycles. The summed E-state index contributed by atoms with van der Waals surface area (Å²) in [4.78, 5) is 40.6. The molecule has 7 nitrogen and oxygen atoms in total. The number of nitrogens with zero attached hydrogens (tertiary/aromatic N) is 2. The lowest BCUT2D eigenvalue weighted by Gasteiger charge is -2.18. The van der Waals surface area contributed by atoms with Gasteiger partial charge in [-0.05, 0) is 72.5 Å². The number of benzene rings is 3. The van der Waals surface area contributed by atoms with Crippen LogP contribution < -0.4 is 10.1 Å². The SMILES string of the molecule is CCCCN1C(=O)CN(Cc2ccc(C)c(C(=O)NCc3ccc(Oc4ccc(F)cc4)cc3)c2)C1=O. The number of urea groups is 1. The van der Waals surface area contributed by atoms with Crippen molar-refractivity contribution in [1.82, 2.24) is 15.1 Å². The van der Waals surface area contributed by atoms with Crippen LogP contribution >= 0.6 is 0 Å². The van der Waals surface area contributed by atoms with Crippen molar-refractivity contribution in [2.75, 3.05) is 13.1 Å². The predicted octanol–water partition coefficient (Wildman–Crippen LogP) is 5.42. The molecular weight excluding hydrogens is 473 g/mol. The predicted molar refractivity (Wildman–Crippen MR) is 138 cm³/mol. The number of aryl methyl sites for hydroxylation is 1.